The van der Waals surface area contributed by atoms with E-state index in [9.17, 15) is 5.11 Å². The number of aromatic nitrogens is 4. The molecule has 1 aliphatic heterocycles. The maximum absolute atomic E-state index is 9.76. The van der Waals surface area contributed by atoms with Gasteiger partial charge in [0.15, 0.2) is 5.82 Å². The highest BCUT2D eigenvalue weighted by Crippen LogP contribution is 2.26. The zero-order valence-electron chi connectivity index (χ0n) is 13.8. The zero-order valence-corrected chi connectivity index (χ0v) is 13.8. The van der Waals surface area contributed by atoms with Crippen LogP contribution in [0.25, 0.3) is 22.8 Å². The second-order valence-corrected chi connectivity index (χ2v) is 6.10. The van der Waals surface area contributed by atoms with Crippen LogP contribution in [0.5, 0.6) is 0 Å². The van der Waals surface area contributed by atoms with Crippen LogP contribution in [0, 0.1) is 0 Å². The fourth-order valence-corrected chi connectivity index (χ4v) is 2.97. The molecule has 0 atom stereocenters. The molecule has 6 heteroatoms. The van der Waals surface area contributed by atoms with E-state index in [0.29, 0.717) is 5.82 Å². The van der Waals surface area contributed by atoms with Gasteiger partial charge >= 0.3 is 0 Å². The van der Waals surface area contributed by atoms with Crippen LogP contribution >= 0.6 is 0 Å². The van der Waals surface area contributed by atoms with Crippen molar-refractivity contribution in [2.24, 2.45) is 0 Å². The van der Waals surface area contributed by atoms with Crippen molar-refractivity contribution >= 4 is 5.82 Å². The number of nitrogens with zero attached hydrogens (tertiary/aromatic N) is 5. The monoisotopic (exact) mass is 333 g/mol. The van der Waals surface area contributed by atoms with Crippen LogP contribution < -0.4 is 4.90 Å². The average Bonchev–Trinajstić information content (AvgIpc) is 2.69. The number of hydrogen-bond donors (Lipinski definition) is 1. The minimum atomic E-state index is -0.215. The average molecular weight is 333 g/mol. The molecular weight excluding hydrogens is 314 g/mol. The second kappa shape index (κ2) is 6.94. The van der Waals surface area contributed by atoms with Gasteiger partial charge in [-0.05, 0) is 37.1 Å². The molecule has 3 aromatic rings. The molecule has 4 rings (SSSR count). The summed E-state index contributed by atoms with van der Waals surface area (Å²) in [5, 5.41) is 9.76. The van der Waals surface area contributed by atoms with Gasteiger partial charge in [0.05, 0.1) is 17.5 Å². The summed E-state index contributed by atoms with van der Waals surface area (Å²) in [6.07, 6.45) is 6.54. The molecule has 0 amide bonds. The summed E-state index contributed by atoms with van der Waals surface area (Å²) in [5.74, 6) is 1.53. The summed E-state index contributed by atoms with van der Waals surface area (Å²) < 4.78 is 0. The lowest BCUT2D eigenvalue weighted by molar-refractivity contribution is 0.145. The summed E-state index contributed by atoms with van der Waals surface area (Å²) in [6, 6.07) is 11.6. The molecule has 4 heterocycles. The predicted octanol–water partition coefficient (Wildman–Crippen LogP) is 2.56. The molecule has 25 heavy (non-hydrogen) atoms. The third-order valence-electron chi connectivity index (χ3n) is 4.37. The van der Waals surface area contributed by atoms with Gasteiger partial charge in [0.1, 0.15) is 5.82 Å². The smallest absolute Gasteiger partial charge is 0.162 e. The molecule has 1 N–H and O–H groups in total. The van der Waals surface area contributed by atoms with Crippen molar-refractivity contribution in [3.63, 3.8) is 0 Å². The number of piperidine rings is 1. The Balaban J connectivity index is 1.78. The van der Waals surface area contributed by atoms with Crippen LogP contribution in [0.1, 0.15) is 12.8 Å². The quantitative estimate of drug-likeness (QED) is 0.794. The highest BCUT2D eigenvalue weighted by atomic mass is 16.3. The van der Waals surface area contributed by atoms with Gasteiger partial charge in [-0.15, -0.1) is 0 Å². The normalized spacial score (nSPS) is 15.3. The van der Waals surface area contributed by atoms with E-state index in [0.717, 1.165) is 48.7 Å². The number of rotatable bonds is 3. The summed E-state index contributed by atoms with van der Waals surface area (Å²) in [5.41, 5.74) is 2.54. The molecule has 1 fully saturated rings. The van der Waals surface area contributed by atoms with E-state index in [4.69, 9.17) is 9.97 Å². The van der Waals surface area contributed by atoms with Gasteiger partial charge in [-0.2, -0.15) is 0 Å². The van der Waals surface area contributed by atoms with E-state index < -0.39 is 0 Å². The highest BCUT2D eigenvalue weighted by molar-refractivity contribution is 5.65. The largest absolute Gasteiger partial charge is 0.393 e. The lowest BCUT2D eigenvalue weighted by Crippen LogP contribution is -2.36. The first-order valence-electron chi connectivity index (χ1n) is 8.43. The van der Waals surface area contributed by atoms with Gasteiger partial charge in [-0.1, -0.05) is 6.07 Å². The Morgan fingerprint density at radius 2 is 1.72 bits per heavy atom. The van der Waals surface area contributed by atoms with Gasteiger partial charge in [-0.25, -0.2) is 9.97 Å². The van der Waals surface area contributed by atoms with E-state index in [1.807, 2.05) is 36.4 Å². The summed E-state index contributed by atoms with van der Waals surface area (Å²) in [6.45, 7) is 1.57. The van der Waals surface area contributed by atoms with Crippen molar-refractivity contribution in [2.45, 2.75) is 18.9 Å². The first-order valence-corrected chi connectivity index (χ1v) is 8.43. The first-order chi connectivity index (χ1) is 12.3. The van der Waals surface area contributed by atoms with Gasteiger partial charge < -0.3 is 10.0 Å². The van der Waals surface area contributed by atoms with Crippen LogP contribution in [-0.4, -0.2) is 44.2 Å². The first kappa shape index (κ1) is 15.7. The van der Waals surface area contributed by atoms with E-state index in [-0.39, 0.29) is 6.10 Å². The van der Waals surface area contributed by atoms with Crippen molar-refractivity contribution in [1.29, 1.82) is 0 Å². The maximum Gasteiger partial charge on any atom is 0.162 e. The Bertz CT molecular complexity index is 775. The van der Waals surface area contributed by atoms with E-state index in [1.165, 1.54) is 0 Å². The molecule has 0 saturated carbocycles. The molecule has 0 radical (unpaired) electrons. The Morgan fingerprint density at radius 3 is 2.44 bits per heavy atom. The molecule has 0 aliphatic carbocycles. The molecule has 126 valence electrons. The molecule has 1 saturated heterocycles. The van der Waals surface area contributed by atoms with E-state index in [1.54, 1.807) is 18.6 Å². The molecular formula is C19H19N5O. The predicted molar refractivity (Wildman–Crippen MR) is 95.9 cm³/mol. The lowest BCUT2D eigenvalue weighted by atomic mass is 10.1. The topological polar surface area (TPSA) is 75.0 Å². The Morgan fingerprint density at radius 1 is 0.920 bits per heavy atom. The van der Waals surface area contributed by atoms with Gasteiger partial charge in [0.2, 0.25) is 0 Å². The number of pyridine rings is 2. The van der Waals surface area contributed by atoms with Crippen LogP contribution in [0.3, 0.4) is 0 Å². The van der Waals surface area contributed by atoms with Gasteiger partial charge in [-0.3, -0.25) is 9.97 Å². The molecule has 1 aliphatic rings. The number of aliphatic hydroxyl groups is 1. The summed E-state index contributed by atoms with van der Waals surface area (Å²) >= 11 is 0. The Labute approximate surface area is 146 Å². The fraction of sp³-hybridized carbons (Fsp3) is 0.263. The van der Waals surface area contributed by atoms with E-state index in [2.05, 4.69) is 14.9 Å². The zero-order chi connectivity index (χ0) is 17.1. The molecule has 0 bridgehead atoms. The maximum atomic E-state index is 9.76. The summed E-state index contributed by atoms with van der Waals surface area (Å²) in [4.78, 5) is 20.1. The number of aliphatic hydroxyl groups excluding tert-OH is 1. The SMILES string of the molecule is OC1CCN(c2cc(-c3ccccn3)nc(-c3ccncc3)n2)CC1. The van der Waals surface area contributed by atoms with Crippen molar-refractivity contribution in [3.8, 4) is 22.8 Å². The minimum absolute atomic E-state index is 0.215. The van der Waals surface area contributed by atoms with Crippen molar-refractivity contribution in [2.75, 3.05) is 18.0 Å². The Hall–Kier alpha value is -2.86. The lowest BCUT2D eigenvalue weighted by Gasteiger charge is -2.30. The molecule has 6 nitrogen and oxygen atoms in total. The van der Waals surface area contributed by atoms with Crippen molar-refractivity contribution < 1.29 is 5.11 Å². The number of hydrogen-bond acceptors (Lipinski definition) is 6. The van der Waals surface area contributed by atoms with Gasteiger partial charge in [0, 0.05) is 43.3 Å². The summed E-state index contributed by atoms with van der Waals surface area (Å²) in [7, 11) is 0. The Kier molecular flexibility index (Phi) is 4.35. The van der Waals surface area contributed by atoms with Crippen LogP contribution in [0.4, 0.5) is 5.82 Å². The molecule has 0 aromatic carbocycles. The van der Waals surface area contributed by atoms with Crippen LogP contribution in [0.15, 0.2) is 55.0 Å². The van der Waals surface area contributed by atoms with Crippen molar-refractivity contribution in [1.82, 2.24) is 19.9 Å². The third kappa shape index (κ3) is 3.49. The third-order valence-corrected chi connectivity index (χ3v) is 4.37. The second-order valence-electron chi connectivity index (χ2n) is 6.10. The molecule has 0 unspecified atom stereocenters. The van der Waals surface area contributed by atoms with Gasteiger partial charge in [0.25, 0.3) is 0 Å². The van der Waals surface area contributed by atoms with Crippen LogP contribution in [0.2, 0.25) is 0 Å². The van der Waals surface area contributed by atoms with E-state index >= 15 is 0 Å². The number of anilines is 1. The molecule has 3 aromatic heterocycles. The van der Waals surface area contributed by atoms with Crippen molar-refractivity contribution in [3.05, 3.63) is 55.0 Å². The molecule has 0 spiro atoms. The highest BCUT2D eigenvalue weighted by Gasteiger charge is 2.20. The fourth-order valence-electron chi connectivity index (χ4n) is 2.97. The standard InChI is InChI=1S/C19H19N5O/c25-15-6-11-24(12-7-15)18-13-17(16-3-1-2-8-21-16)22-19(23-18)14-4-9-20-10-5-14/h1-5,8-10,13,15,25H,6-7,11-12H2. The van der Waals surface area contributed by atoms with Crippen LogP contribution in [-0.2, 0) is 0 Å². The minimum Gasteiger partial charge on any atom is -0.393 e.